The Balaban J connectivity index is 1.52. The third kappa shape index (κ3) is 7.81. The first-order chi connectivity index (χ1) is 18.6. The molecule has 0 aliphatic heterocycles. The number of thiazole rings is 1. The normalized spacial score (nSPS) is 11.4. The first kappa shape index (κ1) is 29.1. The average molecular weight is 605 g/mol. The number of thioether (sulfide) groups is 1. The van der Waals surface area contributed by atoms with Crippen LogP contribution in [-0.2, 0) is 16.6 Å². The molecule has 1 amide bonds. The maximum absolute atomic E-state index is 13.4. The summed E-state index contributed by atoms with van der Waals surface area (Å²) in [6.45, 7) is 5.78. The Labute approximate surface area is 241 Å². The monoisotopic (exact) mass is 604 g/mol. The van der Waals surface area contributed by atoms with Crippen molar-refractivity contribution in [1.82, 2.24) is 24.7 Å². The lowest BCUT2D eigenvalue weighted by Gasteiger charge is -2.21. The summed E-state index contributed by atoms with van der Waals surface area (Å²) >= 11 is 5.37. The number of hydrogen-bond acceptors (Lipinski definition) is 11. The second kappa shape index (κ2) is 12.9. The van der Waals surface area contributed by atoms with Crippen LogP contribution < -0.4 is 5.32 Å². The molecule has 4 aromatic rings. The summed E-state index contributed by atoms with van der Waals surface area (Å²) in [6.07, 6.45) is 3.24. The van der Waals surface area contributed by atoms with Gasteiger partial charge in [-0.05, 0) is 68.9 Å². The number of anilines is 1. The second-order valence-corrected chi connectivity index (χ2v) is 13.1. The number of ether oxygens (including phenoxy) is 1. The van der Waals surface area contributed by atoms with Crippen LogP contribution in [0.1, 0.15) is 31.3 Å². The van der Waals surface area contributed by atoms with Gasteiger partial charge in [0, 0.05) is 22.6 Å². The van der Waals surface area contributed by atoms with Crippen molar-refractivity contribution in [2.75, 3.05) is 17.7 Å². The molecule has 14 heteroatoms. The number of aryl methyl sites for hydroxylation is 1. The number of hydrogen-bond donors (Lipinski definition) is 1. The van der Waals surface area contributed by atoms with Gasteiger partial charge in [-0.25, -0.2) is 14.4 Å². The maximum atomic E-state index is 13.4. The van der Waals surface area contributed by atoms with Gasteiger partial charge in [0.15, 0.2) is 10.3 Å². The molecule has 0 bridgehead atoms. The first-order valence-electron chi connectivity index (χ1n) is 11.7. The van der Waals surface area contributed by atoms with Gasteiger partial charge >= 0.3 is 5.97 Å². The molecule has 9 nitrogen and oxygen atoms in total. The lowest BCUT2D eigenvalue weighted by Crippen LogP contribution is -2.29. The van der Waals surface area contributed by atoms with Crippen molar-refractivity contribution in [3.05, 3.63) is 60.4 Å². The number of carbonyl (C=O) groups is 2. The van der Waals surface area contributed by atoms with Crippen molar-refractivity contribution in [2.45, 2.75) is 45.0 Å². The summed E-state index contributed by atoms with van der Waals surface area (Å²) in [4.78, 5) is 35.9. The van der Waals surface area contributed by atoms with Crippen molar-refractivity contribution in [1.29, 1.82) is 0 Å². The molecular weight excluding hydrogens is 580 g/mol. The molecular formula is C25H25FN6O3S4. The van der Waals surface area contributed by atoms with Crippen molar-refractivity contribution in [3.8, 4) is 0 Å². The van der Waals surface area contributed by atoms with Crippen LogP contribution >= 0.6 is 46.6 Å². The fourth-order valence-corrected chi connectivity index (χ4v) is 6.57. The highest BCUT2D eigenvalue weighted by Crippen LogP contribution is 2.36. The van der Waals surface area contributed by atoms with Crippen LogP contribution in [0.25, 0.3) is 0 Å². The predicted molar refractivity (Wildman–Crippen MR) is 151 cm³/mol. The molecule has 1 N–H and O–H groups in total. The highest BCUT2D eigenvalue weighted by Gasteiger charge is 2.29. The SMILES string of the molecule is CCOC(=O)C(C)(C)CSc1cnc(NC(=O)c2nc(Sc3nncn3C)ccc2Sc2ccc(F)cc2)s1. The highest BCUT2D eigenvalue weighted by atomic mass is 32.2. The largest absolute Gasteiger partial charge is 0.466 e. The average Bonchev–Trinajstić information content (AvgIpc) is 3.53. The van der Waals surface area contributed by atoms with Crippen molar-refractivity contribution >= 4 is 63.6 Å². The van der Waals surface area contributed by atoms with Gasteiger partial charge in [0.1, 0.15) is 22.9 Å². The van der Waals surface area contributed by atoms with Gasteiger partial charge in [0.05, 0.1) is 22.4 Å². The minimum absolute atomic E-state index is 0.198. The molecule has 0 saturated heterocycles. The Bertz CT molecular complexity index is 1460. The van der Waals surface area contributed by atoms with E-state index in [4.69, 9.17) is 4.74 Å². The van der Waals surface area contributed by atoms with E-state index in [9.17, 15) is 14.0 Å². The Kier molecular flexibility index (Phi) is 9.64. The number of carbonyl (C=O) groups excluding carboxylic acids is 2. The molecule has 204 valence electrons. The molecule has 0 aliphatic rings. The van der Waals surface area contributed by atoms with Crippen LogP contribution in [0.15, 0.2) is 73.1 Å². The predicted octanol–water partition coefficient (Wildman–Crippen LogP) is 6.04. The molecule has 0 unspecified atom stereocenters. The summed E-state index contributed by atoms with van der Waals surface area (Å²) in [5.74, 6) is -0.526. The lowest BCUT2D eigenvalue weighted by atomic mass is 9.97. The minimum Gasteiger partial charge on any atom is -0.466 e. The van der Waals surface area contributed by atoms with Crippen molar-refractivity contribution in [3.63, 3.8) is 0 Å². The molecule has 0 fully saturated rings. The van der Waals surface area contributed by atoms with E-state index in [-0.39, 0.29) is 17.5 Å². The molecule has 0 atom stereocenters. The molecule has 39 heavy (non-hydrogen) atoms. The smallest absolute Gasteiger partial charge is 0.312 e. The van der Waals surface area contributed by atoms with Gasteiger partial charge < -0.3 is 9.30 Å². The summed E-state index contributed by atoms with van der Waals surface area (Å²) in [6, 6.07) is 9.62. The summed E-state index contributed by atoms with van der Waals surface area (Å²) in [5.41, 5.74) is -0.463. The Morgan fingerprint density at radius 2 is 1.92 bits per heavy atom. The van der Waals surface area contributed by atoms with Gasteiger partial charge in [-0.15, -0.1) is 22.0 Å². The van der Waals surface area contributed by atoms with Crippen LogP contribution in [0.3, 0.4) is 0 Å². The van der Waals surface area contributed by atoms with E-state index >= 15 is 0 Å². The number of esters is 1. The summed E-state index contributed by atoms with van der Waals surface area (Å²) in [7, 11) is 1.82. The van der Waals surface area contributed by atoms with Gasteiger partial charge in [-0.3, -0.25) is 14.9 Å². The Morgan fingerprint density at radius 1 is 1.15 bits per heavy atom. The number of nitrogens with one attached hydrogen (secondary N) is 1. The number of pyridine rings is 1. The highest BCUT2D eigenvalue weighted by molar-refractivity contribution is 8.01. The van der Waals surface area contributed by atoms with Crippen LogP contribution in [0.4, 0.5) is 9.52 Å². The molecule has 3 heterocycles. The number of benzene rings is 1. The topological polar surface area (TPSA) is 112 Å². The van der Waals surface area contributed by atoms with E-state index in [2.05, 4.69) is 25.5 Å². The lowest BCUT2D eigenvalue weighted by molar-refractivity contribution is -0.152. The number of halogens is 1. The van der Waals surface area contributed by atoms with E-state index < -0.39 is 11.3 Å². The number of rotatable bonds is 11. The quantitative estimate of drug-likeness (QED) is 0.161. The van der Waals surface area contributed by atoms with Gasteiger partial charge in [-0.2, -0.15) is 0 Å². The fraction of sp³-hybridized carbons (Fsp3) is 0.280. The van der Waals surface area contributed by atoms with E-state index in [1.165, 1.54) is 58.8 Å². The van der Waals surface area contributed by atoms with Gasteiger partial charge in [-0.1, -0.05) is 23.1 Å². The Morgan fingerprint density at radius 3 is 2.62 bits per heavy atom. The van der Waals surface area contributed by atoms with E-state index in [1.807, 2.05) is 20.9 Å². The molecule has 4 rings (SSSR count). The molecule has 3 aromatic heterocycles. The van der Waals surface area contributed by atoms with Crippen molar-refractivity contribution in [2.24, 2.45) is 12.5 Å². The summed E-state index contributed by atoms with van der Waals surface area (Å²) < 4.78 is 21.2. The Hall–Kier alpha value is -2.94. The van der Waals surface area contributed by atoms with E-state index in [0.29, 0.717) is 32.6 Å². The van der Waals surface area contributed by atoms with E-state index in [0.717, 1.165) is 9.10 Å². The molecule has 1 aromatic carbocycles. The number of amides is 1. The third-order valence-electron chi connectivity index (χ3n) is 5.06. The fourth-order valence-electron chi connectivity index (χ4n) is 3.00. The van der Waals surface area contributed by atoms with Crippen LogP contribution in [-0.4, -0.2) is 49.0 Å². The zero-order chi connectivity index (χ0) is 28.0. The van der Waals surface area contributed by atoms with Crippen LogP contribution in [0, 0.1) is 11.2 Å². The maximum Gasteiger partial charge on any atom is 0.312 e. The van der Waals surface area contributed by atoms with Gasteiger partial charge in [0.2, 0.25) is 0 Å². The molecule has 0 saturated carbocycles. The summed E-state index contributed by atoms with van der Waals surface area (Å²) in [5, 5.41) is 12.4. The van der Waals surface area contributed by atoms with Crippen LogP contribution in [0.5, 0.6) is 0 Å². The first-order valence-corrected chi connectivity index (χ1v) is 15.1. The third-order valence-corrected chi connectivity index (χ3v) is 9.68. The van der Waals surface area contributed by atoms with E-state index in [1.54, 1.807) is 48.3 Å². The minimum atomic E-state index is -0.661. The zero-order valence-electron chi connectivity index (χ0n) is 21.5. The zero-order valence-corrected chi connectivity index (χ0v) is 24.8. The second-order valence-electron chi connectivity index (χ2n) is 8.71. The number of nitrogens with zero attached hydrogens (tertiary/aromatic N) is 5. The molecule has 0 aliphatic carbocycles. The molecule has 0 radical (unpaired) electrons. The number of aromatic nitrogens is 5. The standard InChI is InChI=1S/C25H25FN6O3S4/c1-5-35-22(34)25(2,3)13-36-19-12-27-23(39-19)30-21(33)20-17(37-16-8-6-15(26)7-9-16)10-11-18(29-20)38-24-31-28-14-32(24)4/h6-12,14H,5,13H2,1-4H3,(H,27,30,33). The van der Waals surface area contributed by atoms with Gasteiger partial charge in [0.25, 0.3) is 5.91 Å². The van der Waals surface area contributed by atoms with Crippen molar-refractivity contribution < 1.29 is 18.7 Å². The molecule has 0 spiro atoms. The van der Waals surface area contributed by atoms with Crippen LogP contribution in [0.2, 0.25) is 0 Å².